The minimum absolute atomic E-state index is 0.793. The zero-order valence-corrected chi connectivity index (χ0v) is 7.85. The quantitative estimate of drug-likeness (QED) is 0.496. The summed E-state index contributed by atoms with van der Waals surface area (Å²) in [5, 5.41) is 0. The number of hydrogen-bond donors (Lipinski definition) is 0. The van der Waals surface area contributed by atoms with Crippen molar-refractivity contribution in [1.82, 2.24) is 0 Å². The van der Waals surface area contributed by atoms with Gasteiger partial charge < -0.3 is 0 Å². The molecule has 12 heavy (non-hydrogen) atoms. The Balaban J connectivity index is 2.16. The molecule has 0 saturated carbocycles. The van der Waals surface area contributed by atoms with Gasteiger partial charge >= 0.3 is 0 Å². The third kappa shape index (κ3) is 3.74. The number of allylic oxidation sites excluding steroid dienone is 1. The maximum absolute atomic E-state index is 9.71. The molecule has 0 aromatic carbocycles. The smallest absolute Gasteiger partial charge is 0.211 e. The van der Waals surface area contributed by atoms with Gasteiger partial charge in [-0.25, -0.2) is 4.79 Å². The molecular formula is C9H13NOS. The number of isocyanates is 1. The highest BCUT2D eigenvalue weighted by Gasteiger charge is 2.11. The monoisotopic (exact) mass is 183 g/mol. The summed E-state index contributed by atoms with van der Waals surface area (Å²) in [6.07, 6.45) is 8.70. The van der Waals surface area contributed by atoms with E-state index in [4.69, 9.17) is 0 Å². The highest BCUT2D eigenvalue weighted by molar-refractivity contribution is 7.99. The maximum Gasteiger partial charge on any atom is 0.239 e. The van der Waals surface area contributed by atoms with Crippen LogP contribution in [-0.2, 0) is 4.79 Å². The van der Waals surface area contributed by atoms with Crippen LogP contribution in [0.3, 0.4) is 0 Å². The van der Waals surface area contributed by atoms with Crippen LogP contribution in [0.15, 0.2) is 17.3 Å². The lowest BCUT2D eigenvalue weighted by atomic mass is 10.0. The van der Waals surface area contributed by atoms with Crippen molar-refractivity contribution in [3.8, 4) is 0 Å². The predicted octanol–water partition coefficient (Wildman–Crippen LogP) is 2.37. The molecule has 0 aromatic heterocycles. The van der Waals surface area contributed by atoms with E-state index in [1.165, 1.54) is 30.4 Å². The molecule has 1 rings (SSSR count). The van der Waals surface area contributed by atoms with Gasteiger partial charge in [0.05, 0.1) is 0 Å². The summed E-state index contributed by atoms with van der Waals surface area (Å²) in [6, 6.07) is 0. The second-order valence-corrected chi connectivity index (χ2v) is 4.07. The van der Waals surface area contributed by atoms with Gasteiger partial charge in [0.15, 0.2) is 0 Å². The van der Waals surface area contributed by atoms with Crippen LogP contribution >= 0.6 is 11.8 Å². The number of aliphatic imine (C=N–C) groups is 1. The molecule has 1 aliphatic heterocycles. The zero-order chi connectivity index (χ0) is 8.65. The predicted molar refractivity (Wildman–Crippen MR) is 51.9 cm³/mol. The van der Waals surface area contributed by atoms with Crippen molar-refractivity contribution in [3.63, 3.8) is 0 Å². The average molecular weight is 183 g/mol. The van der Waals surface area contributed by atoms with E-state index in [1.807, 2.05) is 17.8 Å². The SMILES string of the molecule is O=C=N/C=C\CC1CCCSC1. The van der Waals surface area contributed by atoms with E-state index in [0.717, 1.165) is 12.3 Å². The van der Waals surface area contributed by atoms with Crippen molar-refractivity contribution in [2.24, 2.45) is 10.9 Å². The van der Waals surface area contributed by atoms with Crippen molar-refractivity contribution >= 4 is 17.8 Å². The van der Waals surface area contributed by atoms with Crippen molar-refractivity contribution in [1.29, 1.82) is 0 Å². The van der Waals surface area contributed by atoms with Gasteiger partial charge in [0, 0.05) is 6.20 Å². The highest BCUT2D eigenvalue weighted by Crippen LogP contribution is 2.25. The molecule has 0 spiro atoms. The van der Waals surface area contributed by atoms with Crippen molar-refractivity contribution in [2.75, 3.05) is 11.5 Å². The first kappa shape index (κ1) is 9.56. The van der Waals surface area contributed by atoms with Crippen LogP contribution < -0.4 is 0 Å². The van der Waals surface area contributed by atoms with Crippen molar-refractivity contribution < 1.29 is 4.79 Å². The summed E-state index contributed by atoms with van der Waals surface area (Å²) in [5.41, 5.74) is 0. The molecule has 1 aliphatic rings. The average Bonchev–Trinajstić information content (AvgIpc) is 2.14. The Bertz CT molecular complexity index is 191. The van der Waals surface area contributed by atoms with Crippen LogP contribution in [0.2, 0.25) is 0 Å². The van der Waals surface area contributed by atoms with E-state index in [0.29, 0.717) is 0 Å². The third-order valence-corrected chi connectivity index (χ3v) is 3.24. The van der Waals surface area contributed by atoms with Crippen LogP contribution in [0.1, 0.15) is 19.3 Å². The summed E-state index contributed by atoms with van der Waals surface area (Å²) in [5.74, 6) is 3.36. The summed E-state index contributed by atoms with van der Waals surface area (Å²) in [6.45, 7) is 0. The van der Waals surface area contributed by atoms with Gasteiger partial charge in [0.1, 0.15) is 0 Å². The minimum Gasteiger partial charge on any atom is -0.211 e. The fourth-order valence-electron chi connectivity index (χ4n) is 1.33. The molecule has 3 heteroatoms. The van der Waals surface area contributed by atoms with Gasteiger partial charge in [0.25, 0.3) is 0 Å². The summed E-state index contributed by atoms with van der Waals surface area (Å²) < 4.78 is 0. The highest BCUT2D eigenvalue weighted by atomic mass is 32.2. The Hall–Kier alpha value is -0.530. The van der Waals surface area contributed by atoms with E-state index in [9.17, 15) is 4.79 Å². The molecule has 0 amide bonds. The first-order valence-electron chi connectivity index (χ1n) is 4.23. The maximum atomic E-state index is 9.71. The molecule has 0 radical (unpaired) electrons. The molecule has 1 fully saturated rings. The standard InChI is InChI=1S/C9H13NOS/c11-8-10-5-1-3-9-4-2-6-12-7-9/h1,5,9H,2-4,6-7H2/b5-1-. The van der Waals surface area contributed by atoms with Crippen LogP contribution in [0.5, 0.6) is 0 Å². The van der Waals surface area contributed by atoms with E-state index in [1.54, 1.807) is 6.20 Å². The van der Waals surface area contributed by atoms with E-state index >= 15 is 0 Å². The molecule has 66 valence electrons. The Kier molecular flexibility index (Phi) is 4.81. The van der Waals surface area contributed by atoms with Gasteiger partial charge in [-0.05, 0) is 36.7 Å². The molecule has 0 N–H and O–H groups in total. The summed E-state index contributed by atoms with van der Waals surface area (Å²) in [7, 11) is 0. The van der Waals surface area contributed by atoms with Gasteiger partial charge in [-0.2, -0.15) is 16.8 Å². The lowest BCUT2D eigenvalue weighted by Crippen LogP contribution is -2.08. The van der Waals surface area contributed by atoms with Crippen molar-refractivity contribution in [3.05, 3.63) is 12.3 Å². The number of thioether (sulfide) groups is 1. The minimum atomic E-state index is 0.793. The third-order valence-electron chi connectivity index (χ3n) is 1.96. The molecule has 1 unspecified atom stereocenters. The first-order chi connectivity index (χ1) is 5.93. The van der Waals surface area contributed by atoms with Crippen LogP contribution in [0.25, 0.3) is 0 Å². The van der Waals surface area contributed by atoms with Crippen LogP contribution in [0, 0.1) is 5.92 Å². The normalized spacial score (nSPS) is 23.8. The summed E-state index contributed by atoms with van der Waals surface area (Å²) in [4.78, 5) is 13.1. The van der Waals surface area contributed by atoms with E-state index in [-0.39, 0.29) is 0 Å². The molecule has 0 bridgehead atoms. The fraction of sp³-hybridized carbons (Fsp3) is 0.667. The Morgan fingerprint density at radius 3 is 3.25 bits per heavy atom. The molecule has 2 nitrogen and oxygen atoms in total. The lowest BCUT2D eigenvalue weighted by molar-refractivity contribution is 0.530. The van der Waals surface area contributed by atoms with Gasteiger partial charge in [0.2, 0.25) is 6.08 Å². The van der Waals surface area contributed by atoms with Crippen LogP contribution in [0.4, 0.5) is 0 Å². The van der Waals surface area contributed by atoms with Crippen LogP contribution in [-0.4, -0.2) is 17.6 Å². The van der Waals surface area contributed by atoms with Gasteiger partial charge in [-0.1, -0.05) is 6.08 Å². The number of nitrogens with zero attached hydrogens (tertiary/aromatic N) is 1. The second-order valence-electron chi connectivity index (χ2n) is 2.92. The largest absolute Gasteiger partial charge is 0.239 e. The molecule has 0 aromatic rings. The number of rotatable bonds is 3. The zero-order valence-electron chi connectivity index (χ0n) is 7.03. The fourth-order valence-corrected chi connectivity index (χ4v) is 2.50. The van der Waals surface area contributed by atoms with Gasteiger partial charge in [-0.3, -0.25) is 0 Å². The topological polar surface area (TPSA) is 29.4 Å². The molecule has 1 heterocycles. The lowest BCUT2D eigenvalue weighted by Gasteiger charge is -2.19. The molecule has 1 saturated heterocycles. The Morgan fingerprint density at radius 1 is 1.67 bits per heavy atom. The molecular weight excluding hydrogens is 170 g/mol. The second kappa shape index (κ2) is 6.04. The van der Waals surface area contributed by atoms with E-state index in [2.05, 4.69) is 4.99 Å². The van der Waals surface area contributed by atoms with Gasteiger partial charge in [-0.15, -0.1) is 0 Å². The van der Waals surface area contributed by atoms with E-state index < -0.39 is 0 Å². The number of carbonyl (C=O) groups excluding carboxylic acids is 1. The Morgan fingerprint density at radius 2 is 2.58 bits per heavy atom. The molecule has 1 atom stereocenters. The van der Waals surface area contributed by atoms with Crippen molar-refractivity contribution in [2.45, 2.75) is 19.3 Å². The summed E-state index contributed by atoms with van der Waals surface area (Å²) >= 11 is 2.02. The Labute approximate surface area is 77.1 Å². The number of hydrogen-bond acceptors (Lipinski definition) is 3. The molecule has 0 aliphatic carbocycles. The first-order valence-corrected chi connectivity index (χ1v) is 5.38.